The van der Waals surface area contributed by atoms with E-state index in [1.807, 2.05) is 0 Å². The molecule has 60 valence electrons. The van der Waals surface area contributed by atoms with Gasteiger partial charge < -0.3 is 19.8 Å². The van der Waals surface area contributed by atoms with Gasteiger partial charge in [-0.2, -0.15) is 0 Å². The first-order valence-corrected chi connectivity index (χ1v) is 3.41. The summed E-state index contributed by atoms with van der Waals surface area (Å²) in [7, 11) is 0. The monoisotopic (exact) mass is 218 g/mol. The number of aliphatic carboxylic acids is 2. The van der Waals surface area contributed by atoms with Crippen LogP contribution in [-0.2, 0) is 9.59 Å². The fraction of sp³-hybridized carbons (Fsp3) is 0. The van der Waals surface area contributed by atoms with Gasteiger partial charge in [0.05, 0.1) is 11.9 Å². The van der Waals surface area contributed by atoms with Gasteiger partial charge in [0, 0.05) is 5.57 Å². The van der Waals surface area contributed by atoms with Crippen LogP contribution in [0.15, 0.2) is 22.7 Å². The highest BCUT2D eigenvalue weighted by Crippen LogP contribution is 1.93. The van der Waals surface area contributed by atoms with E-state index in [4.69, 9.17) is 0 Å². The van der Waals surface area contributed by atoms with E-state index in [0.29, 0.717) is 0 Å². The highest BCUT2D eigenvalue weighted by Gasteiger charge is 1.95. The first-order chi connectivity index (χ1) is 5.09. The molecule has 0 atom stereocenters. The largest absolute Gasteiger partial charge is 0.545 e. The first kappa shape index (κ1) is 9.90. The Morgan fingerprint density at radius 1 is 1.18 bits per heavy atom. The van der Waals surface area contributed by atoms with Crippen LogP contribution in [0.2, 0.25) is 0 Å². The summed E-state index contributed by atoms with van der Waals surface area (Å²) in [6.07, 6.45) is 2.06. The molecule has 0 aliphatic rings. The summed E-state index contributed by atoms with van der Waals surface area (Å²) >= 11 is 2.82. The second-order valence-electron chi connectivity index (χ2n) is 1.47. The Kier molecular flexibility index (Phi) is 4.21. The Morgan fingerprint density at radius 2 is 1.64 bits per heavy atom. The molecule has 11 heavy (non-hydrogen) atoms. The van der Waals surface area contributed by atoms with Crippen LogP contribution >= 0.6 is 15.9 Å². The summed E-state index contributed by atoms with van der Waals surface area (Å²) < 4.78 is 0. The van der Waals surface area contributed by atoms with Crippen molar-refractivity contribution in [2.75, 3.05) is 0 Å². The molecule has 0 aliphatic carbocycles. The molecular formula is C6H3BrO4-2. The second-order valence-corrected chi connectivity index (χ2v) is 2.00. The number of allylic oxidation sites excluding steroid dienone is 2. The fourth-order valence-electron chi connectivity index (χ4n) is 0.352. The fourth-order valence-corrected chi connectivity index (χ4v) is 0.505. The van der Waals surface area contributed by atoms with Gasteiger partial charge in [0.2, 0.25) is 0 Å². The zero-order valence-corrected chi connectivity index (χ0v) is 6.83. The molecule has 0 amide bonds. The molecule has 0 saturated heterocycles. The van der Waals surface area contributed by atoms with Crippen LogP contribution in [0.5, 0.6) is 0 Å². The van der Waals surface area contributed by atoms with Crippen molar-refractivity contribution < 1.29 is 19.8 Å². The van der Waals surface area contributed by atoms with E-state index in [0.717, 1.165) is 6.08 Å². The molecule has 0 bridgehead atoms. The standard InChI is InChI=1S/C6H5BrO4/c7-3-1-2-4(5(8)9)6(10)11/h1-3H,(H,8,9)(H,10,11)/p-2/b3-1-. The van der Waals surface area contributed by atoms with Crippen molar-refractivity contribution in [2.24, 2.45) is 0 Å². The molecule has 4 nitrogen and oxygen atoms in total. The second kappa shape index (κ2) is 4.68. The molecular weight excluding hydrogens is 216 g/mol. The van der Waals surface area contributed by atoms with E-state index in [-0.39, 0.29) is 0 Å². The van der Waals surface area contributed by atoms with Crippen LogP contribution in [0, 0.1) is 0 Å². The average Bonchev–Trinajstić information content (AvgIpc) is 1.87. The van der Waals surface area contributed by atoms with Crippen molar-refractivity contribution in [1.82, 2.24) is 0 Å². The number of halogens is 1. The highest BCUT2D eigenvalue weighted by molar-refractivity contribution is 9.11. The predicted octanol–water partition coefficient (Wildman–Crippen LogP) is -1.68. The summed E-state index contributed by atoms with van der Waals surface area (Å²) in [6, 6.07) is 0. The molecule has 0 aromatic heterocycles. The predicted molar refractivity (Wildman–Crippen MR) is 36.2 cm³/mol. The molecule has 0 heterocycles. The number of carbonyl (C=O) groups is 2. The number of carboxylic acids is 2. The minimum atomic E-state index is -1.77. The molecule has 0 N–H and O–H groups in total. The third-order valence-electron chi connectivity index (χ3n) is 0.775. The molecule has 0 aromatic carbocycles. The molecule has 0 unspecified atom stereocenters. The van der Waals surface area contributed by atoms with Crippen LogP contribution in [0.1, 0.15) is 0 Å². The Bertz CT molecular complexity index is 213. The third-order valence-corrected chi connectivity index (χ3v) is 1.08. The highest BCUT2D eigenvalue weighted by atomic mass is 79.9. The normalized spacial score (nSPS) is 9.55. The van der Waals surface area contributed by atoms with Crippen LogP contribution in [0.4, 0.5) is 0 Å². The van der Waals surface area contributed by atoms with Gasteiger partial charge in [-0.25, -0.2) is 0 Å². The minimum Gasteiger partial charge on any atom is -0.545 e. The number of hydrogen-bond donors (Lipinski definition) is 0. The van der Waals surface area contributed by atoms with Crippen LogP contribution < -0.4 is 10.2 Å². The lowest BCUT2D eigenvalue weighted by atomic mass is 10.2. The first-order valence-electron chi connectivity index (χ1n) is 2.49. The van der Waals surface area contributed by atoms with Crippen molar-refractivity contribution in [3.63, 3.8) is 0 Å². The van der Waals surface area contributed by atoms with Crippen molar-refractivity contribution in [3.05, 3.63) is 22.7 Å². The Morgan fingerprint density at radius 3 is 1.91 bits per heavy atom. The van der Waals surface area contributed by atoms with Crippen molar-refractivity contribution >= 4 is 27.9 Å². The van der Waals surface area contributed by atoms with E-state index < -0.39 is 17.5 Å². The van der Waals surface area contributed by atoms with Crippen LogP contribution in [0.3, 0.4) is 0 Å². The lowest BCUT2D eigenvalue weighted by molar-refractivity contribution is -0.312. The molecule has 0 spiro atoms. The zero-order valence-electron chi connectivity index (χ0n) is 5.24. The van der Waals surface area contributed by atoms with Gasteiger partial charge in [-0.1, -0.05) is 28.1 Å². The van der Waals surface area contributed by atoms with Crippen LogP contribution in [0.25, 0.3) is 0 Å². The summed E-state index contributed by atoms with van der Waals surface area (Å²) in [6.45, 7) is 0. The topological polar surface area (TPSA) is 80.3 Å². The van der Waals surface area contributed by atoms with E-state index in [2.05, 4.69) is 15.9 Å². The Labute approximate surface area is 71.0 Å². The quantitative estimate of drug-likeness (QED) is 0.246. The van der Waals surface area contributed by atoms with Gasteiger partial charge >= 0.3 is 0 Å². The maximum Gasteiger partial charge on any atom is 0.0733 e. The number of carboxylic acid groups (broad SMARTS) is 2. The van der Waals surface area contributed by atoms with Gasteiger partial charge in [-0.15, -0.1) is 0 Å². The zero-order chi connectivity index (χ0) is 8.85. The maximum absolute atomic E-state index is 10.00. The van der Waals surface area contributed by atoms with Gasteiger partial charge in [-0.3, -0.25) is 0 Å². The van der Waals surface area contributed by atoms with Gasteiger partial charge in [0.15, 0.2) is 0 Å². The lowest BCUT2D eigenvalue weighted by Gasteiger charge is -2.06. The molecule has 0 aromatic rings. The Hall–Kier alpha value is -1.10. The van der Waals surface area contributed by atoms with E-state index >= 15 is 0 Å². The van der Waals surface area contributed by atoms with Crippen molar-refractivity contribution in [1.29, 1.82) is 0 Å². The third kappa shape index (κ3) is 3.57. The van der Waals surface area contributed by atoms with Gasteiger partial charge in [-0.05, 0) is 4.99 Å². The molecule has 0 radical (unpaired) electrons. The number of carbonyl (C=O) groups excluding carboxylic acids is 2. The van der Waals surface area contributed by atoms with E-state index in [1.165, 1.54) is 11.1 Å². The summed E-state index contributed by atoms with van der Waals surface area (Å²) in [5.41, 5.74) is -0.888. The van der Waals surface area contributed by atoms with E-state index in [1.54, 1.807) is 0 Å². The molecule has 0 rings (SSSR count). The van der Waals surface area contributed by atoms with E-state index in [9.17, 15) is 19.8 Å². The molecule has 0 aliphatic heterocycles. The summed E-state index contributed by atoms with van der Waals surface area (Å²) in [5.74, 6) is -3.54. The summed E-state index contributed by atoms with van der Waals surface area (Å²) in [5, 5.41) is 20.0. The lowest BCUT2D eigenvalue weighted by Crippen LogP contribution is -2.36. The summed E-state index contributed by atoms with van der Waals surface area (Å²) in [4.78, 5) is 21.3. The van der Waals surface area contributed by atoms with Gasteiger partial charge in [0.25, 0.3) is 0 Å². The van der Waals surface area contributed by atoms with Crippen molar-refractivity contribution in [2.45, 2.75) is 0 Å². The number of rotatable bonds is 3. The minimum absolute atomic E-state index is 0.861. The number of hydrogen-bond acceptors (Lipinski definition) is 4. The van der Waals surface area contributed by atoms with Crippen molar-refractivity contribution in [3.8, 4) is 0 Å². The smallest absolute Gasteiger partial charge is 0.0733 e. The Balaban J connectivity index is 4.60. The molecule has 0 saturated carbocycles. The average molecular weight is 219 g/mol. The maximum atomic E-state index is 10.00. The SMILES string of the molecule is O=C([O-])C(=C/C=C\Br)C(=O)[O-]. The van der Waals surface area contributed by atoms with Gasteiger partial charge in [0.1, 0.15) is 0 Å². The molecule has 5 heteroatoms. The van der Waals surface area contributed by atoms with Crippen LogP contribution in [-0.4, -0.2) is 11.9 Å². The molecule has 0 fully saturated rings.